The summed E-state index contributed by atoms with van der Waals surface area (Å²) in [6.07, 6.45) is 0.431. The molecule has 208 valence electrons. The highest BCUT2D eigenvalue weighted by Gasteiger charge is 2.30. The van der Waals surface area contributed by atoms with E-state index in [1.165, 1.54) is 12.1 Å². The van der Waals surface area contributed by atoms with E-state index in [-0.39, 0.29) is 10.6 Å². The monoisotopic (exact) mass is 567 g/mol. The van der Waals surface area contributed by atoms with Crippen LogP contribution in [0.2, 0.25) is 0 Å². The van der Waals surface area contributed by atoms with Crippen molar-refractivity contribution in [2.45, 2.75) is 38.1 Å². The van der Waals surface area contributed by atoms with E-state index in [4.69, 9.17) is 9.15 Å². The third-order valence-electron chi connectivity index (χ3n) is 7.06. The van der Waals surface area contributed by atoms with Gasteiger partial charge in [0.05, 0.1) is 4.90 Å². The smallest absolute Gasteiger partial charge is 0.340 e. The predicted octanol–water partition coefficient (Wildman–Crippen LogP) is 5.93. The lowest BCUT2D eigenvalue weighted by molar-refractivity contribution is -0.136. The molecule has 0 aliphatic rings. The van der Waals surface area contributed by atoms with Crippen molar-refractivity contribution >= 4 is 27.0 Å². The Morgan fingerprint density at radius 3 is 2.12 bits per heavy atom. The summed E-state index contributed by atoms with van der Waals surface area (Å²) in [7, 11) is -4.06. The van der Waals surface area contributed by atoms with Gasteiger partial charge < -0.3 is 9.15 Å². The Morgan fingerprint density at radius 2 is 1.46 bits per heavy atom. The summed E-state index contributed by atoms with van der Waals surface area (Å²) in [6, 6.07) is 26.5. The fourth-order valence-corrected chi connectivity index (χ4v) is 5.86. The van der Waals surface area contributed by atoms with Crippen molar-refractivity contribution in [3.63, 3.8) is 0 Å². The Morgan fingerprint density at radius 1 is 0.829 bits per heavy atom. The molecular formula is C33H29NO6S. The third kappa shape index (κ3) is 5.99. The van der Waals surface area contributed by atoms with Gasteiger partial charge in [0.15, 0.2) is 0 Å². The molecule has 0 bridgehead atoms. The number of fused-ring (bicyclic) bond motifs is 1. The molecule has 1 N–H and O–H groups in total. The van der Waals surface area contributed by atoms with Crippen molar-refractivity contribution < 1.29 is 22.4 Å². The van der Waals surface area contributed by atoms with Gasteiger partial charge in [-0.15, -0.1) is 0 Å². The van der Waals surface area contributed by atoms with Crippen molar-refractivity contribution in [2.75, 3.05) is 0 Å². The second-order valence-electron chi connectivity index (χ2n) is 9.92. The zero-order valence-corrected chi connectivity index (χ0v) is 23.7. The van der Waals surface area contributed by atoms with Gasteiger partial charge in [-0.05, 0) is 61.7 Å². The molecule has 0 saturated heterocycles. The van der Waals surface area contributed by atoms with Crippen LogP contribution in [0, 0.1) is 20.8 Å². The first-order valence-corrected chi connectivity index (χ1v) is 14.6. The predicted molar refractivity (Wildman–Crippen MR) is 158 cm³/mol. The Kier molecular flexibility index (Phi) is 7.88. The standard InChI is InChI=1S/C33H29NO6S/c1-21-14-16-26(17-15-21)41(37,38)34-30(25-12-8-5-9-13-25)33(36)39-29-19-18-27-22(2)28(20-24-10-6-4-7-11-24)32(35)40-31(27)23(29)3/h4-19,30,34H,20H2,1-3H3/t30-/m1/s1. The van der Waals surface area contributed by atoms with Crippen molar-refractivity contribution in [3.05, 3.63) is 141 Å². The van der Waals surface area contributed by atoms with Gasteiger partial charge in [0.25, 0.3) is 0 Å². The zero-order valence-electron chi connectivity index (χ0n) is 22.9. The van der Waals surface area contributed by atoms with Gasteiger partial charge in [0.1, 0.15) is 17.4 Å². The van der Waals surface area contributed by atoms with Gasteiger partial charge in [0, 0.05) is 22.9 Å². The minimum absolute atomic E-state index is 0.0299. The third-order valence-corrected chi connectivity index (χ3v) is 8.50. The van der Waals surface area contributed by atoms with Crippen LogP contribution in [0.3, 0.4) is 0 Å². The number of ether oxygens (including phenoxy) is 1. The Bertz CT molecular complexity index is 1880. The normalized spacial score (nSPS) is 12.3. The van der Waals surface area contributed by atoms with E-state index in [0.29, 0.717) is 28.7 Å². The fourth-order valence-electron chi connectivity index (χ4n) is 4.69. The molecule has 4 aromatic carbocycles. The summed E-state index contributed by atoms with van der Waals surface area (Å²) in [6.45, 7) is 5.42. The van der Waals surface area contributed by atoms with Crippen molar-refractivity contribution in [1.29, 1.82) is 0 Å². The molecule has 0 saturated carbocycles. The summed E-state index contributed by atoms with van der Waals surface area (Å²) >= 11 is 0. The van der Waals surface area contributed by atoms with Crippen LogP contribution in [0.15, 0.2) is 111 Å². The van der Waals surface area contributed by atoms with E-state index in [9.17, 15) is 18.0 Å². The van der Waals surface area contributed by atoms with Crippen molar-refractivity contribution in [2.24, 2.45) is 0 Å². The highest BCUT2D eigenvalue weighted by Crippen LogP contribution is 2.31. The number of nitrogens with one attached hydrogen (secondary N) is 1. The van der Waals surface area contributed by atoms with Crippen molar-refractivity contribution in [3.8, 4) is 5.75 Å². The summed E-state index contributed by atoms with van der Waals surface area (Å²) in [5.74, 6) is -0.662. The Hall–Kier alpha value is -4.53. The quantitative estimate of drug-likeness (QED) is 0.142. The molecule has 5 rings (SSSR count). The van der Waals surface area contributed by atoms with Crippen LogP contribution in [0.5, 0.6) is 5.75 Å². The number of aryl methyl sites for hydroxylation is 3. The molecule has 0 aliphatic carbocycles. The lowest BCUT2D eigenvalue weighted by Gasteiger charge is -2.19. The van der Waals surface area contributed by atoms with Crippen LogP contribution >= 0.6 is 0 Å². The maximum atomic E-state index is 13.5. The van der Waals surface area contributed by atoms with E-state index in [1.54, 1.807) is 61.5 Å². The maximum Gasteiger partial charge on any atom is 0.340 e. The lowest BCUT2D eigenvalue weighted by atomic mass is 9.98. The van der Waals surface area contributed by atoms with E-state index < -0.39 is 27.7 Å². The van der Waals surface area contributed by atoms with Crippen LogP contribution in [0.25, 0.3) is 11.0 Å². The zero-order chi connectivity index (χ0) is 29.1. The minimum atomic E-state index is -4.06. The average Bonchev–Trinajstić information content (AvgIpc) is 2.97. The van der Waals surface area contributed by atoms with Crippen LogP contribution < -0.4 is 15.1 Å². The average molecular weight is 568 g/mol. The highest BCUT2D eigenvalue weighted by atomic mass is 32.2. The molecule has 0 aliphatic heterocycles. The molecular weight excluding hydrogens is 538 g/mol. The number of benzene rings is 4. The van der Waals surface area contributed by atoms with Crippen LogP contribution in [-0.2, 0) is 21.2 Å². The topological polar surface area (TPSA) is 103 Å². The van der Waals surface area contributed by atoms with E-state index >= 15 is 0 Å². The number of hydrogen-bond donors (Lipinski definition) is 1. The largest absolute Gasteiger partial charge is 0.425 e. The molecule has 1 aromatic heterocycles. The van der Waals surface area contributed by atoms with Gasteiger partial charge in [-0.2, -0.15) is 4.72 Å². The first-order chi connectivity index (χ1) is 19.6. The second-order valence-corrected chi connectivity index (χ2v) is 11.6. The molecule has 5 aromatic rings. The van der Waals surface area contributed by atoms with Gasteiger partial charge in [-0.25, -0.2) is 18.0 Å². The van der Waals surface area contributed by atoms with Crippen LogP contribution in [0.4, 0.5) is 0 Å². The molecule has 41 heavy (non-hydrogen) atoms. The van der Waals surface area contributed by atoms with Crippen LogP contribution in [-0.4, -0.2) is 14.4 Å². The molecule has 8 heteroatoms. The number of hydrogen-bond acceptors (Lipinski definition) is 6. The summed E-state index contributed by atoms with van der Waals surface area (Å²) in [5.41, 5.74) is 3.96. The number of carbonyl (C=O) groups excluding carboxylic acids is 1. The van der Waals surface area contributed by atoms with Gasteiger partial charge in [-0.3, -0.25) is 0 Å². The second kappa shape index (κ2) is 11.5. The molecule has 1 heterocycles. The van der Waals surface area contributed by atoms with Gasteiger partial charge >= 0.3 is 11.6 Å². The SMILES string of the molecule is Cc1ccc(S(=O)(=O)N[C@@H](C(=O)Oc2ccc3c(C)c(Cc4ccccc4)c(=O)oc3c2C)c2ccccc2)cc1. The number of sulfonamides is 1. The number of rotatable bonds is 8. The Labute approximate surface area is 238 Å². The molecule has 0 amide bonds. The first kappa shape index (κ1) is 28.0. The van der Waals surface area contributed by atoms with Gasteiger partial charge in [0.2, 0.25) is 10.0 Å². The molecule has 0 fully saturated rings. The lowest BCUT2D eigenvalue weighted by Crippen LogP contribution is -2.36. The highest BCUT2D eigenvalue weighted by molar-refractivity contribution is 7.89. The van der Waals surface area contributed by atoms with Gasteiger partial charge in [-0.1, -0.05) is 78.4 Å². The number of carbonyl (C=O) groups is 1. The summed E-state index contributed by atoms with van der Waals surface area (Å²) in [5, 5.41) is 0.729. The molecule has 0 unspecified atom stereocenters. The summed E-state index contributed by atoms with van der Waals surface area (Å²) in [4.78, 5) is 26.5. The molecule has 1 atom stereocenters. The van der Waals surface area contributed by atoms with Crippen molar-refractivity contribution in [1.82, 2.24) is 4.72 Å². The Balaban J connectivity index is 1.48. The van der Waals surface area contributed by atoms with E-state index in [0.717, 1.165) is 22.1 Å². The minimum Gasteiger partial charge on any atom is -0.425 e. The maximum absolute atomic E-state index is 13.5. The number of esters is 1. The molecule has 0 spiro atoms. The molecule has 0 radical (unpaired) electrons. The summed E-state index contributed by atoms with van der Waals surface area (Å²) < 4.78 is 40.4. The molecule has 7 nitrogen and oxygen atoms in total. The first-order valence-electron chi connectivity index (χ1n) is 13.1. The van der Waals surface area contributed by atoms with Crippen LogP contribution in [0.1, 0.15) is 39.4 Å². The van der Waals surface area contributed by atoms with E-state index in [2.05, 4.69) is 4.72 Å². The fraction of sp³-hybridized carbons (Fsp3) is 0.152. The van der Waals surface area contributed by atoms with E-state index in [1.807, 2.05) is 44.2 Å².